The standard InChI is InChI=1S/C13H17NO5S/c1-18-13(15)10-5-11(14-20(2,16)17)7-12(6-10)19-8-9-3-4-9/h5-7,9,14H,3-4,8H2,1-2H3. The Balaban J connectivity index is 2.24. The summed E-state index contributed by atoms with van der Waals surface area (Å²) < 4.78 is 35.1. The third-order valence-corrected chi connectivity index (χ3v) is 3.42. The maximum Gasteiger partial charge on any atom is 0.338 e. The molecule has 1 aromatic carbocycles. The van der Waals surface area contributed by atoms with E-state index < -0.39 is 16.0 Å². The lowest BCUT2D eigenvalue weighted by Gasteiger charge is -2.11. The van der Waals surface area contributed by atoms with Gasteiger partial charge in [0.15, 0.2) is 0 Å². The lowest BCUT2D eigenvalue weighted by atomic mass is 10.2. The second-order valence-electron chi connectivity index (χ2n) is 4.87. The van der Waals surface area contributed by atoms with Crippen LogP contribution in [0.3, 0.4) is 0 Å². The molecule has 0 radical (unpaired) electrons. The van der Waals surface area contributed by atoms with Gasteiger partial charge in [-0.25, -0.2) is 13.2 Å². The number of anilines is 1. The average Bonchev–Trinajstić information content (AvgIpc) is 3.17. The fourth-order valence-electron chi connectivity index (χ4n) is 1.69. The SMILES string of the molecule is COC(=O)c1cc(NS(C)(=O)=O)cc(OCC2CC2)c1. The Morgan fingerprint density at radius 3 is 2.60 bits per heavy atom. The number of hydrogen-bond acceptors (Lipinski definition) is 5. The molecular formula is C13H17NO5S. The highest BCUT2D eigenvalue weighted by Crippen LogP contribution is 2.30. The largest absolute Gasteiger partial charge is 0.493 e. The highest BCUT2D eigenvalue weighted by Gasteiger charge is 2.22. The van der Waals surface area contributed by atoms with E-state index in [9.17, 15) is 13.2 Å². The molecule has 0 aliphatic heterocycles. The van der Waals surface area contributed by atoms with Gasteiger partial charge in [-0.3, -0.25) is 4.72 Å². The van der Waals surface area contributed by atoms with Crippen molar-refractivity contribution in [3.63, 3.8) is 0 Å². The number of carbonyl (C=O) groups excluding carboxylic acids is 1. The van der Waals surface area contributed by atoms with Crippen molar-refractivity contribution in [2.45, 2.75) is 12.8 Å². The minimum Gasteiger partial charge on any atom is -0.493 e. The first-order valence-electron chi connectivity index (χ1n) is 6.21. The molecule has 7 heteroatoms. The molecular weight excluding hydrogens is 282 g/mol. The predicted octanol–water partition coefficient (Wildman–Crippen LogP) is 1.63. The van der Waals surface area contributed by atoms with E-state index >= 15 is 0 Å². The van der Waals surface area contributed by atoms with E-state index in [1.807, 2.05) is 0 Å². The summed E-state index contributed by atoms with van der Waals surface area (Å²) in [6.45, 7) is 0.572. The second-order valence-corrected chi connectivity index (χ2v) is 6.61. The van der Waals surface area contributed by atoms with Crippen LogP contribution < -0.4 is 9.46 Å². The lowest BCUT2D eigenvalue weighted by Crippen LogP contribution is -2.11. The summed E-state index contributed by atoms with van der Waals surface area (Å²) in [6.07, 6.45) is 3.33. The lowest BCUT2D eigenvalue weighted by molar-refractivity contribution is 0.0600. The highest BCUT2D eigenvalue weighted by molar-refractivity contribution is 7.92. The number of rotatable bonds is 6. The molecule has 6 nitrogen and oxygen atoms in total. The van der Waals surface area contributed by atoms with E-state index in [4.69, 9.17) is 4.74 Å². The average molecular weight is 299 g/mol. The third kappa shape index (κ3) is 4.41. The Morgan fingerprint density at radius 1 is 1.35 bits per heavy atom. The van der Waals surface area contributed by atoms with E-state index in [0.717, 1.165) is 19.1 Å². The van der Waals surface area contributed by atoms with Crippen LogP contribution >= 0.6 is 0 Å². The third-order valence-electron chi connectivity index (χ3n) is 2.81. The van der Waals surface area contributed by atoms with Gasteiger partial charge in [0.1, 0.15) is 5.75 Å². The van der Waals surface area contributed by atoms with E-state index in [2.05, 4.69) is 9.46 Å². The molecule has 0 aromatic heterocycles. The smallest absolute Gasteiger partial charge is 0.338 e. The molecule has 1 fully saturated rings. The Labute approximate surface area is 118 Å². The van der Waals surface area contributed by atoms with Crippen LogP contribution in [0.2, 0.25) is 0 Å². The maximum absolute atomic E-state index is 11.6. The van der Waals surface area contributed by atoms with Crippen LogP contribution in [-0.2, 0) is 14.8 Å². The van der Waals surface area contributed by atoms with Gasteiger partial charge in [-0.05, 0) is 30.9 Å². The number of carbonyl (C=O) groups is 1. The van der Waals surface area contributed by atoms with Gasteiger partial charge < -0.3 is 9.47 Å². The normalized spacial score (nSPS) is 14.7. The van der Waals surface area contributed by atoms with Crippen LogP contribution in [0.15, 0.2) is 18.2 Å². The topological polar surface area (TPSA) is 81.7 Å². The van der Waals surface area contributed by atoms with Crippen LogP contribution in [-0.4, -0.2) is 34.4 Å². The van der Waals surface area contributed by atoms with Gasteiger partial charge in [-0.1, -0.05) is 0 Å². The molecule has 1 saturated carbocycles. The van der Waals surface area contributed by atoms with Crippen molar-refractivity contribution in [3.05, 3.63) is 23.8 Å². The molecule has 1 aliphatic rings. The molecule has 0 saturated heterocycles. The van der Waals surface area contributed by atoms with Crippen molar-refractivity contribution >= 4 is 21.7 Å². The fourth-order valence-corrected chi connectivity index (χ4v) is 2.24. The Hall–Kier alpha value is -1.76. The highest BCUT2D eigenvalue weighted by atomic mass is 32.2. The number of nitrogens with one attached hydrogen (secondary N) is 1. The number of hydrogen-bond donors (Lipinski definition) is 1. The molecule has 110 valence electrons. The van der Waals surface area contributed by atoms with Crippen LogP contribution in [0.25, 0.3) is 0 Å². The summed E-state index contributed by atoms with van der Waals surface area (Å²) in [5.41, 5.74) is 0.521. The zero-order valence-electron chi connectivity index (χ0n) is 11.4. The Bertz CT molecular complexity index is 607. The Morgan fingerprint density at radius 2 is 2.05 bits per heavy atom. The van der Waals surface area contributed by atoms with E-state index in [-0.39, 0.29) is 11.3 Å². The van der Waals surface area contributed by atoms with Crippen molar-refractivity contribution in [1.29, 1.82) is 0 Å². The molecule has 20 heavy (non-hydrogen) atoms. The summed E-state index contributed by atoms with van der Waals surface area (Å²) in [5.74, 6) is 0.465. The van der Waals surface area contributed by atoms with E-state index in [1.54, 1.807) is 12.1 Å². The van der Waals surface area contributed by atoms with Gasteiger partial charge in [0.2, 0.25) is 10.0 Å². The number of sulfonamides is 1. The first-order valence-corrected chi connectivity index (χ1v) is 8.10. The van der Waals surface area contributed by atoms with Crippen molar-refractivity contribution in [2.24, 2.45) is 5.92 Å². The molecule has 1 aromatic rings. The molecule has 0 amide bonds. The zero-order valence-corrected chi connectivity index (χ0v) is 12.2. The van der Waals surface area contributed by atoms with Crippen molar-refractivity contribution in [2.75, 3.05) is 24.7 Å². The summed E-state index contributed by atoms with van der Waals surface area (Å²) in [6, 6.07) is 4.51. The number of esters is 1. The van der Waals surface area contributed by atoms with Gasteiger partial charge in [-0.15, -0.1) is 0 Å². The van der Waals surface area contributed by atoms with Crippen molar-refractivity contribution in [1.82, 2.24) is 0 Å². The van der Waals surface area contributed by atoms with Gasteiger partial charge in [0, 0.05) is 6.07 Å². The van der Waals surface area contributed by atoms with Gasteiger partial charge in [0.25, 0.3) is 0 Å². The molecule has 0 spiro atoms. The quantitative estimate of drug-likeness (QED) is 0.807. The summed E-state index contributed by atoms with van der Waals surface area (Å²) in [7, 11) is -2.15. The molecule has 0 atom stereocenters. The molecule has 0 heterocycles. The number of ether oxygens (including phenoxy) is 2. The van der Waals surface area contributed by atoms with Crippen LogP contribution in [0.4, 0.5) is 5.69 Å². The molecule has 1 aliphatic carbocycles. The van der Waals surface area contributed by atoms with Gasteiger partial charge >= 0.3 is 5.97 Å². The van der Waals surface area contributed by atoms with Crippen LogP contribution in [0, 0.1) is 5.92 Å². The maximum atomic E-state index is 11.6. The molecule has 1 N–H and O–H groups in total. The van der Waals surface area contributed by atoms with Gasteiger partial charge in [-0.2, -0.15) is 0 Å². The molecule has 0 bridgehead atoms. The molecule has 2 rings (SSSR count). The number of methoxy groups -OCH3 is 1. The van der Waals surface area contributed by atoms with E-state index in [1.165, 1.54) is 13.2 Å². The van der Waals surface area contributed by atoms with Crippen LogP contribution in [0.1, 0.15) is 23.2 Å². The minimum absolute atomic E-state index is 0.243. The minimum atomic E-state index is -3.42. The summed E-state index contributed by atoms with van der Waals surface area (Å²) >= 11 is 0. The first kappa shape index (κ1) is 14.6. The summed E-state index contributed by atoms with van der Waals surface area (Å²) in [5, 5.41) is 0. The monoisotopic (exact) mass is 299 g/mol. The van der Waals surface area contributed by atoms with Gasteiger partial charge in [0.05, 0.1) is 31.2 Å². The van der Waals surface area contributed by atoms with Crippen LogP contribution in [0.5, 0.6) is 5.75 Å². The predicted molar refractivity (Wildman–Crippen MR) is 74.5 cm³/mol. The summed E-state index contributed by atoms with van der Waals surface area (Å²) in [4.78, 5) is 11.6. The Kier molecular flexibility index (Phi) is 4.17. The fraction of sp³-hybridized carbons (Fsp3) is 0.462. The molecule has 0 unspecified atom stereocenters. The van der Waals surface area contributed by atoms with E-state index in [0.29, 0.717) is 18.3 Å². The van der Waals surface area contributed by atoms with Crippen molar-refractivity contribution < 1.29 is 22.7 Å². The zero-order chi connectivity index (χ0) is 14.8. The number of benzene rings is 1. The first-order chi connectivity index (χ1) is 9.37. The second kappa shape index (κ2) is 5.70. The van der Waals surface area contributed by atoms with Crippen molar-refractivity contribution in [3.8, 4) is 5.75 Å².